The predicted octanol–water partition coefficient (Wildman–Crippen LogP) is 1.43. The van der Waals surface area contributed by atoms with Crippen molar-refractivity contribution in [2.75, 3.05) is 31.7 Å². The smallest absolute Gasteiger partial charge is 0.149 e. The molecule has 3 N–H and O–H groups in total. The third kappa shape index (κ3) is 2.24. The van der Waals surface area contributed by atoms with Crippen LogP contribution in [0.15, 0.2) is 12.3 Å². The van der Waals surface area contributed by atoms with Crippen LogP contribution in [0.4, 0.5) is 11.5 Å². The van der Waals surface area contributed by atoms with Crippen LogP contribution in [-0.4, -0.2) is 36.1 Å². The highest BCUT2D eigenvalue weighted by atomic mass is 15.2. The van der Waals surface area contributed by atoms with E-state index in [-0.39, 0.29) is 5.54 Å². The van der Waals surface area contributed by atoms with E-state index in [0.29, 0.717) is 17.1 Å². The molecule has 18 heavy (non-hydrogen) atoms. The lowest BCUT2D eigenvalue weighted by atomic mass is 9.75. The van der Waals surface area contributed by atoms with Gasteiger partial charge in [-0.2, -0.15) is 5.26 Å². The second-order valence-corrected chi connectivity index (χ2v) is 5.10. The highest BCUT2D eigenvalue weighted by Crippen LogP contribution is 2.36. The zero-order chi connectivity index (χ0) is 13.2. The monoisotopic (exact) mass is 245 g/mol. The number of nitrogens with two attached hydrogens (primary N) is 1. The number of hydrogen-bond acceptors (Lipinski definition) is 5. The third-order valence-corrected chi connectivity index (χ3v) is 3.86. The van der Waals surface area contributed by atoms with Crippen LogP contribution >= 0.6 is 0 Å². The standard InChI is InChI=1S/C13H19N5/c1-18(2)13(4-3-5-13)9-17-12-11(15)6-10(7-14)8-16-12/h6,8H,3-5,9,15H2,1-2H3,(H,16,17). The van der Waals surface area contributed by atoms with Crippen molar-refractivity contribution in [3.05, 3.63) is 17.8 Å². The van der Waals surface area contributed by atoms with Crippen LogP contribution < -0.4 is 11.1 Å². The van der Waals surface area contributed by atoms with Gasteiger partial charge < -0.3 is 16.0 Å². The Morgan fingerprint density at radius 3 is 2.72 bits per heavy atom. The summed E-state index contributed by atoms with van der Waals surface area (Å²) in [7, 11) is 4.22. The second kappa shape index (κ2) is 4.83. The van der Waals surface area contributed by atoms with Gasteiger partial charge in [0.1, 0.15) is 11.9 Å². The molecular weight excluding hydrogens is 226 g/mol. The largest absolute Gasteiger partial charge is 0.396 e. The number of pyridine rings is 1. The van der Waals surface area contributed by atoms with Crippen LogP contribution in [-0.2, 0) is 0 Å². The van der Waals surface area contributed by atoms with Crippen LogP contribution in [0.5, 0.6) is 0 Å². The Morgan fingerprint density at radius 1 is 1.56 bits per heavy atom. The van der Waals surface area contributed by atoms with E-state index in [0.717, 1.165) is 6.54 Å². The molecule has 0 radical (unpaired) electrons. The fourth-order valence-electron chi connectivity index (χ4n) is 2.31. The summed E-state index contributed by atoms with van der Waals surface area (Å²) in [5.41, 5.74) is 7.12. The van der Waals surface area contributed by atoms with Gasteiger partial charge in [-0.3, -0.25) is 0 Å². The van der Waals surface area contributed by atoms with Crippen molar-refractivity contribution in [2.24, 2.45) is 0 Å². The van der Waals surface area contributed by atoms with Crippen LogP contribution in [0.1, 0.15) is 24.8 Å². The molecule has 1 aliphatic rings. The van der Waals surface area contributed by atoms with E-state index in [1.54, 1.807) is 12.3 Å². The molecule has 96 valence electrons. The highest BCUT2D eigenvalue weighted by molar-refractivity contribution is 5.63. The second-order valence-electron chi connectivity index (χ2n) is 5.10. The zero-order valence-electron chi connectivity index (χ0n) is 10.9. The summed E-state index contributed by atoms with van der Waals surface area (Å²) in [4.78, 5) is 6.46. The molecular formula is C13H19N5. The first-order valence-electron chi connectivity index (χ1n) is 6.14. The van der Waals surface area contributed by atoms with Crippen LogP contribution in [0.25, 0.3) is 0 Å². The Morgan fingerprint density at radius 2 is 2.28 bits per heavy atom. The number of nitriles is 1. The first-order valence-corrected chi connectivity index (χ1v) is 6.14. The molecule has 0 aromatic carbocycles. The van der Waals surface area contributed by atoms with E-state index in [9.17, 15) is 0 Å². The average Bonchev–Trinajstić information content (AvgIpc) is 2.28. The summed E-state index contributed by atoms with van der Waals surface area (Å²) in [6.45, 7) is 0.836. The predicted molar refractivity (Wildman–Crippen MR) is 72.1 cm³/mol. The summed E-state index contributed by atoms with van der Waals surface area (Å²) in [5.74, 6) is 0.669. The zero-order valence-corrected chi connectivity index (χ0v) is 10.9. The van der Waals surface area contributed by atoms with E-state index >= 15 is 0 Å². The van der Waals surface area contributed by atoms with Crippen molar-refractivity contribution in [1.29, 1.82) is 5.26 Å². The van der Waals surface area contributed by atoms with Crippen LogP contribution in [0.2, 0.25) is 0 Å². The van der Waals surface area contributed by atoms with Crippen molar-refractivity contribution < 1.29 is 0 Å². The molecule has 1 aromatic heterocycles. The van der Waals surface area contributed by atoms with Crippen molar-refractivity contribution in [1.82, 2.24) is 9.88 Å². The molecule has 1 fully saturated rings. The van der Waals surface area contributed by atoms with Crippen molar-refractivity contribution >= 4 is 11.5 Å². The fourth-order valence-corrected chi connectivity index (χ4v) is 2.31. The molecule has 5 nitrogen and oxygen atoms in total. The summed E-state index contributed by atoms with van der Waals surface area (Å²) >= 11 is 0. The summed E-state index contributed by atoms with van der Waals surface area (Å²) in [6.07, 6.45) is 5.21. The van der Waals surface area contributed by atoms with Gasteiger partial charge >= 0.3 is 0 Å². The number of anilines is 2. The molecule has 1 heterocycles. The van der Waals surface area contributed by atoms with Crippen molar-refractivity contribution in [3.8, 4) is 6.07 Å². The molecule has 0 spiro atoms. The van der Waals surface area contributed by atoms with E-state index in [4.69, 9.17) is 11.0 Å². The molecule has 5 heteroatoms. The van der Waals surface area contributed by atoms with E-state index < -0.39 is 0 Å². The summed E-state index contributed by atoms with van der Waals surface area (Å²) in [6, 6.07) is 3.68. The summed E-state index contributed by atoms with van der Waals surface area (Å²) in [5, 5.41) is 12.1. The number of likely N-dealkylation sites (N-methyl/N-ethyl adjacent to an activating group) is 1. The highest BCUT2D eigenvalue weighted by Gasteiger charge is 2.38. The minimum Gasteiger partial charge on any atom is -0.396 e. The number of rotatable bonds is 4. The fraction of sp³-hybridized carbons (Fsp3) is 0.538. The van der Waals surface area contributed by atoms with Gasteiger partial charge in [0, 0.05) is 18.3 Å². The summed E-state index contributed by atoms with van der Waals surface area (Å²) < 4.78 is 0. The molecule has 1 aliphatic carbocycles. The molecule has 0 aliphatic heterocycles. The molecule has 0 atom stereocenters. The Kier molecular flexibility index (Phi) is 3.39. The van der Waals surface area contributed by atoms with Gasteiger partial charge in [0.2, 0.25) is 0 Å². The van der Waals surface area contributed by atoms with Crippen molar-refractivity contribution in [2.45, 2.75) is 24.8 Å². The topological polar surface area (TPSA) is 78.0 Å². The maximum Gasteiger partial charge on any atom is 0.149 e. The van der Waals surface area contributed by atoms with E-state index in [1.165, 1.54) is 19.3 Å². The molecule has 0 bridgehead atoms. The van der Waals surface area contributed by atoms with E-state index in [1.807, 2.05) is 6.07 Å². The van der Waals surface area contributed by atoms with Gasteiger partial charge in [-0.15, -0.1) is 0 Å². The number of nitrogen functional groups attached to an aromatic ring is 1. The quantitative estimate of drug-likeness (QED) is 0.839. The third-order valence-electron chi connectivity index (χ3n) is 3.86. The van der Waals surface area contributed by atoms with Gasteiger partial charge in [0.15, 0.2) is 0 Å². The molecule has 0 unspecified atom stereocenters. The number of nitrogens with one attached hydrogen (secondary N) is 1. The van der Waals surface area contributed by atoms with Crippen molar-refractivity contribution in [3.63, 3.8) is 0 Å². The normalized spacial score (nSPS) is 17.0. The Hall–Kier alpha value is -1.80. The molecule has 0 amide bonds. The van der Waals surface area contributed by atoms with Gasteiger partial charge in [-0.05, 0) is 39.4 Å². The molecule has 0 saturated heterocycles. The lowest BCUT2D eigenvalue weighted by Gasteiger charge is -2.47. The Balaban J connectivity index is 2.04. The van der Waals surface area contributed by atoms with Gasteiger partial charge in [0.05, 0.1) is 11.3 Å². The van der Waals surface area contributed by atoms with Crippen LogP contribution in [0.3, 0.4) is 0 Å². The first kappa shape index (κ1) is 12.7. The Bertz CT molecular complexity index is 471. The Labute approximate surface area is 108 Å². The minimum atomic E-state index is 0.224. The van der Waals surface area contributed by atoms with Crippen LogP contribution in [0, 0.1) is 11.3 Å². The first-order chi connectivity index (χ1) is 8.57. The molecule has 2 rings (SSSR count). The van der Waals surface area contributed by atoms with Gasteiger partial charge in [-0.1, -0.05) is 0 Å². The van der Waals surface area contributed by atoms with Gasteiger partial charge in [-0.25, -0.2) is 4.98 Å². The lowest BCUT2D eigenvalue weighted by molar-refractivity contribution is 0.0738. The van der Waals surface area contributed by atoms with E-state index in [2.05, 4.69) is 29.3 Å². The minimum absolute atomic E-state index is 0.224. The lowest BCUT2D eigenvalue weighted by Crippen LogP contribution is -2.54. The number of nitrogens with zero attached hydrogens (tertiary/aromatic N) is 3. The maximum absolute atomic E-state index is 8.76. The average molecular weight is 245 g/mol. The molecule has 1 saturated carbocycles. The van der Waals surface area contributed by atoms with Gasteiger partial charge in [0.25, 0.3) is 0 Å². The number of hydrogen-bond donors (Lipinski definition) is 2. The number of aromatic nitrogens is 1. The SMILES string of the molecule is CN(C)C1(CNc2ncc(C#N)cc2N)CCC1. The maximum atomic E-state index is 8.76. The molecule has 1 aromatic rings.